The molecule has 0 N–H and O–H groups in total. The molecular weight excluding hydrogens is 230 g/mol. The summed E-state index contributed by atoms with van der Waals surface area (Å²) in [6.07, 6.45) is 0. The van der Waals surface area contributed by atoms with Crippen molar-refractivity contribution in [2.75, 3.05) is 0 Å². The minimum absolute atomic E-state index is 0.0796. The lowest BCUT2D eigenvalue weighted by atomic mass is 9.89. The second-order valence-corrected chi connectivity index (χ2v) is 4.30. The fourth-order valence-corrected chi connectivity index (χ4v) is 2.22. The molecule has 1 atom stereocenters. The maximum atomic E-state index is 9.05. The maximum absolute atomic E-state index is 9.05. The molecule has 0 saturated carbocycles. The molecule has 0 aliphatic carbocycles. The Labute approximate surface area is 106 Å². The van der Waals surface area contributed by atoms with Gasteiger partial charge < -0.3 is 0 Å². The summed E-state index contributed by atoms with van der Waals surface area (Å²) in [6, 6.07) is 21.9. The molecular formula is C15H12ClN. The SMILES string of the molecule is N#CC(Cl)C(c1ccccc1)c1ccccc1. The first kappa shape index (κ1) is 11.7. The van der Waals surface area contributed by atoms with Crippen LogP contribution in [0.15, 0.2) is 60.7 Å². The van der Waals surface area contributed by atoms with E-state index in [2.05, 4.69) is 6.07 Å². The van der Waals surface area contributed by atoms with Gasteiger partial charge in [0.25, 0.3) is 0 Å². The van der Waals surface area contributed by atoms with Gasteiger partial charge in [0, 0.05) is 5.92 Å². The third-order valence-electron chi connectivity index (χ3n) is 2.73. The van der Waals surface area contributed by atoms with Gasteiger partial charge in [-0.05, 0) is 11.1 Å². The van der Waals surface area contributed by atoms with Crippen molar-refractivity contribution in [1.82, 2.24) is 0 Å². The van der Waals surface area contributed by atoms with Gasteiger partial charge in [-0.2, -0.15) is 5.26 Å². The van der Waals surface area contributed by atoms with Crippen molar-refractivity contribution in [3.63, 3.8) is 0 Å². The van der Waals surface area contributed by atoms with Gasteiger partial charge in [-0.3, -0.25) is 0 Å². The van der Waals surface area contributed by atoms with E-state index >= 15 is 0 Å². The van der Waals surface area contributed by atoms with Crippen LogP contribution in [0.4, 0.5) is 0 Å². The fourth-order valence-electron chi connectivity index (χ4n) is 1.93. The van der Waals surface area contributed by atoms with E-state index in [1.165, 1.54) is 0 Å². The van der Waals surface area contributed by atoms with E-state index in [0.717, 1.165) is 11.1 Å². The average Bonchev–Trinajstić information content (AvgIpc) is 2.41. The van der Waals surface area contributed by atoms with Crippen LogP contribution in [0.2, 0.25) is 0 Å². The Morgan fingerprint density at radius 2 is 1.24 bits per heavy atom. The van der Waals surface area contributed by atoms with E-state index in [1.807, 2.05) is 60.7 Å². The fraction of sp³-hybridized carbons (Fsp3) is 0.133. The molecule has 0 spiro atoms. The summed E-state index contributed by atoms with van der Waals surface area (Å²) in [5, 5.41) is 8.49. The summed E-state index contributed by atoms with van der Waals surface area (Å²) < 4.78 is 0. The first-order chi connectivity index (χ1) is 8.33. The summed E-state index contributed by atoms with van der Waals surface area (Å²) in [5.41, 5.74) is 2.14. The van der Waals surface area contributed by atoms with Gasteiger partial charge in [-0.1, -0.05) is 60.7 Å². The third kappa shape index (κ3) is 2.67. The van der Waals surface area contributed by atoms with Crippen LogP contribution in [0.3, 0.4) is 0 Å². The molecule has 17 heavy (non-hydrogen) atoms. The zero-order chi connectivity index (χ0) is 12.1. The van der Waals surface area contributed by atoms with Crippen LogP contribution in [-0.4, -0.2) is 5.38 Å². The van der Waals surface area contributed by atoms with Crippen molar-refractivity contribution in [1.29, 1.82) is 5.26 Å². The quantitative estimate of drug-likeness (QED) is 0.747. The van der Waals surface area contributed by atoms with Gasteiger partial charge in [0.15, 0.2) is 0 Å². The Balaban J connectivity index is 2.44. The topological polar surface area (TPSA) is 23.8 Å². The van der Waals surface area contributed by atoms with Gasteiger partial charge in [-0.15, -0.1) is 11.6 Å². The zero-order valence-corrected chi connectivity index (χ0v) is 10.0. The van der Waals surface area contributed by atoms with Gasteiger partial charge in [0.2, 0.25) is 0 Å². The van der Waals surface area contributed by atoms with Crippen LogP contribution < -0.4 is 0 Å². The van der Waals surface area contributed by atoms with Crippen molar-refractivity contribution < 1.29 is 0 Å². The highest BCUT2D eigenvalue weighted by Gasteiger charge is 2.22. The van der Waals surface area contributed by atoms with Crippen LogP contribution in [0.25, 0.3) is 0 Å². The molecule has 0 radical (unpaired) electrons. The van der Waals surface area contributed by atoms with Crippen LogP contribution in [0, 0.1) is 11.3 Å². The van der Waals surface area contributed by atoms with E-state index in [1.54, 1.807) is 0 Å². The minimum atomic E-state index is -0.556. The van der Waals surface area contributed by atoms with Crippen LogP contribution >= 0.6 is 11.6 Å². The first-order valence-electron chi connectivity index (χ1n) is 5.46. The monoisotopic (exact) mass is 241 g/mol. The average molecular weight is 242 g/mol. The lowest BCUT2D eigenvalue weighted by Gasteiger charge is -2.18. The van der Waals surface area contributed by atoms with Gasteiger partial charge in [-0.25, -0.2) is 0 Å². The van der Waals surface area contributed by atoms with Crippen LogP contribution in [0.1, 0.15) is 17.0 Å². The van der Waals surface area contributed by atoms with Crippen molar-refractivity contribution >= 4 is 11.6 Å². The molecule has 1 nitrogen and oxygen atoms in total. The number of alkyl halides is 1. The third-order valence-corrected chi connectivity index (χ3v) is 3.08. The maximum Gasteiger partial charge on any atom is 0.131 e. The van der Waals surface area contributed by atoms with Crippen molar-refractivity contribution in [3.05, 3.63) is 71.8 Å². The van der Waals surface area contributed by atoms with E-state index < -0.39 is 5.38 Å². The molecule has 2 heteroatoms. The second kappa shape index (κ2) is 5.52. The highest BCUT2D eigenvalue weighted by molar-refractivity contribution is 6.23. The highest BCUT2D eigenvalue weighted by atomic mass is 35.5. The number of halogens is 1. The number of nitrogens with zero attached hydrogens (tertiary/aromatic N) is 1. The molecule has 0 aliphatic heterocycles. The standard InChI is InChI=1S/C15H12ClN/c16-14(11-17)15(12-7-3-1-4-8-12)13-9-5-2-6-10-13/h1-10,14-15H. The lowest BCUT2D eigenvalue weighted by Crippen LogP contribution is -2.12. The summed E-state index contributed by atoms with van der Waals surface area (Å²) in [6.45, 7) is 0. The van der Waals surface area contributed by atoms with Gasteiger partial charge in [0.1, 0.15) is 5.38 Å². The van der Waals surface area contributed by atoms with E-state index in [9.17, 15) is 0 Å². The normalized spacial score (nSPS) is 12.1. The summed E-state index contributed by atoms with van der Waals surface area (Å²) in [4.78, 5) is 0. The predicted molar refractivity (Wildman–Crippen MR) is 70.0 cm³/mol. The van der Waals surface area contributed by atoms with Gasteiger partial charge in [0.05, 0.1) is 6.07 Å². The first-order valence-corrected chi connectivity index (χ1v) is 5.90. The molecule has 0 heterocycles. The Morgan fingerprint density at radius 3 is 1.59 bits per heavy atom. The Morgan fingerprint density at radius 1 is 0.824 bits per heavy atom. The van der Waals surface area contributed by atoms with E-state index in [-0.39, 0.29) is 5.92 Å². The Bertz CT molecular complexity index is 462. The Kier molecular flexibility index (Phi) is 3.80. The summed E-state index contributed by atoms with van der Waals surface area (Å²) >= 11 is 6.14. The molecule has 0 aliphatic rings. The number of rotatable bonds is 3. The van der Waals surface area contributed by atoms with Gasteiger partial charge >= 0.3 is 0 Å². The number of hydrogen-bond acceptors (Lipinski definition) is 1. The summed E-state index contributed by atoms with van der Waals surface area (Å²) in [7, 11) is 0. The molecule has 0 saturated heterocycles. The number of nitriles is 1. The molecule has 2 aromatic rings. The molecule has 0 amide bonds. The van der Waals surface area contributed by atoms with E-state index in [4.69, 9.17) is 16.9 Å². The second-order valence-electron chi connectivity index (χ2n) is 3.83. The highest BCUT2D eigenvalue weighted by Crippen LogP contribution is 2.30. The smallest absolute Gasteiger partial charge is 0.131 e. The lowest BCUT2D eigenvalue weighted by molar-refractivity contribution is 0.845. The van der Waals surface area contributed by atoms with Crippen LogP contribution in [-0.2, 0) is 0 Å². The molecule has 84 valence electrons. The van der Waals surface area contributed by atoms with Crippen LogP contribution in [0.5, 0.6) is 0 Å². The molecule has 0 bridgehead atoms. The predicted octanol–water partition coefficient (Wildman–Crippen LogP) is 3.95. The Hall–Kier alpha value is -1.78. The number of benzene rings is 2. The molecule has 1 unspecified atom stereocenters. The number of hydrogen-bond donors (Lipinski definition) is 0. The van der Waals surface area contributed by atoms with Crippen molar-refractivity contribution in [2.24, 2.45) is 0 Å². The molecule has 0 fully saturated rings. The minimum Gasteiger partial charge on any atom is -0.197 e. The zero-order valence-electron chi connectivity index (χ0n) is 9.25. The molecule has 2 rings (SSSR count). The van der Waals surface area contributed by atoms with E-state index in [0.29, 0.717) is 0 Å². The molecule has 0 aromatic heterocycles. The largest absolute Gasteiger partial charge is 0.197 e. The van der Waals surface area contributed by atoms with Crippen molar-refractivity contribution in [3.8, 4) is 6.07 Å². The molecule has 2 aromatic carbocycles. The van der Waals surface area contributed by atoms with Crippen molar-refractivity contribution in [2.45, 2.75) is 11.3 Å². The summed E-state index contributed by atoms with van der Waals surface area (Å²) in [5.74, 6) is -0.0796.